The van der Waals surface area contributed by atoms with Crippen molar-refractivity contribution in [1.29, 1.82) is 0 Å². The maximum absolute atomic E-state index is 13.2. The fourth-order valence-corrected chi connectivity index (χ4v) is 3.70. The highest BCUT2D eigenvalue weighted by atomic mass is 16.2. The molecule has 166 valence electrons. The first-order valence-electron chi connectivity index (χ1n) is 11.2. The van der Waals surface area contributed by atoms with Gasteiger partial charge in [-0.05, 0) is 48.1 Å². The highest BCUT2D eigenvalue weighted by Crippen LogP contribution is 2.16. The Kier molecular flexibility index (Phi) is 8.20. The Morgan fingerprint density at radius 1 is 0.688 bits per heavy atom. The van der Waals surface area contributed by atoms with Crippen molar-refractivity contribution in [3.8, 4) is 0 Å². The SMILES string of the molecule is CC(C)Cc1ccc(C(C)NC(=O)C(Cc2ccccc2)NC(=O)c2ccccc2)cc1. The van der Waals surface area contributed by atoms with Gasteiger partial charge in [0.25, 0.3) is 5.91 Å². The third kappa shape index (κ3) is 6.81. The molecule has 2 unspecified atom stereocenters. The Labute approximate surface area is 191 Å². The van der Waals surface area contributed by atoms with Gasteiger partial charge in [-0.3, -0.25) is 9.59 Å². The summed E-state index contributed by atoms with van der Waals surface area (Å²) in [5.41, 5.74) is 3.86. The van der Waals surface area contributed by atoms with Crippen LogP contribution in [0.4, 0.5) is 0 Å². The summed E-state index contributed by atoms with van der Waals surface area (Å²) in [5.74, 6) is 0.147. The Morgan fingerprint density at radius 3 is 1.84 bits per heavy atom. The topological polar surface area (TPSA) is 58.2 Å². The van der Waals surface area contributed by atoms with Crippen molar-refractivity contribution in [1.82, 2.24) is 10.6 Å². The average Bonchev–Trinajstić information content (AvgIpc) is 2.80. The van der Waals surface area contributed by atoms with E-state index < -0.39 is 6.04 Å². The van der Waals surface area contributed by atoms with Gasteiger partial charge < -0.3 is 10.6 Å². The molecule has 3 aromatic rings. The van der Waals surface area contributed by atoms with Gasteiger partial charge in [0.1, 0.15) is 6.04 Å². The average molecular weight is 429 g/mol. The van der Waals surface area contributed by atoms with Crippen molar-refractivity contribution >= 4 is 11.8 Å². The van der Waals surface area contributed by atoms with E-state index >= 15 is 0 Å². The van der Waals surface area contributed by atoms with E-state index in [0.717, 1.165) is 17.5 Å². The molecular weight excluding hydrogens is 396 g/mol. The first kappa shape index (κ1) is 23.3. The minimum Gasteiger partial charge on any atom is -0.348 e. The summed E-state index contributed by atoms with van der Waals surface area (Å²) in [6.45, 7) is 6.37. The van der Waals surface area contributed by atoms with Crippen LogP contribution in [0.15, 0.2) is 84.9 Å². The lowest BCUT2D eigenvalue weighted by Crippen LogP contribution is -2.48. The second-order valence-electron chi connectivity index (χ2n) is 8.65. The lowest BCUT2D eigenvalue weighted by Gasteiger charge is -2.22. The minimum absolute atomic E-state index is 0.164. The molecule has 2 N–H and O–H groups in total. The number of carbonyl (C=O) groups excluding carboxylic acids is 2. The van der Waals surface area contributed by atoms with Crippen LogP contribution in [-0.2, 0) is 17.6 Å². The standard InChI is InChI=1S/C28H32N2O2/c1-20(2)18-23-14-16-24(17-15-23)21(3)29-28(32)26(19-22-10-6-4-7-11-22)30-27(31)25-12-8-5-9-13-25/h4-17,20-21,26H,18-19H2,1-3H3,(H,29,32)(H,30,31). The van der Waals surface area contributed by atoms with Gasteiger partial charge in [0.2, 0.25) is 5.91 Å². The molecule has 3 rings (SSSR count). The van der Waals surface area contributed by atoms with Crippen LogP contribution in [0.3, 0.4) is 0 Å². The van der Waals surface area contributed by atoms with Gasteiger partial charge in [-0.1, -0.05) is 86.6 Å². The second kappa shape index (κ2) is 11.3. The Hall–Kier alpha value is -3.40. The minimum atomic E-state index is -0.673. The summed E-state index contributed by atoms with van der Waals surface area (Å²) in [4.78, 5) is 25.9. The van der Waals surface area contributed by atoms with Crippen LogP contribution in [0.2, 0.25) is 0 Å². The maximum atomic E-state index is 13.2. The predicted octanol–water partition coefficient (Wildman–Crippen LogP) is 5.10. The van der Waals surface area contributed by atoms with E-state index in [2.05, 4.69) is 48.7 Å². The van der Waals surface area contributed by atoms with Crippen molar-refractivity contribution in [2.75, 3.05) is 0 Å². The van der Waals surface area contributed by atoms with Gasteiger partial charge in [0.15, 0.2) is 0 Å². The normalized spacial score (nSPS) is 12.8. The summed E-state index contributed by atoms with van der Waals surface area (Å²) >= 11 is 0. The summed E-state index contributed by atoms with van der Waals surface area (Å²) in [6.07, 6.45) is 1.46. The molecule has 0 saturated carbocycles. The third-order valence-electron chi connectivity index (χ3n) is 5.42. The van der Waals surface area contributed by atoms with E-state index in [1.54, 1.807) is 12.1 Å². The molecule has 2 atom stereocenters. The molecule has 0 radical (unpaired) electrons. The quantitative estimate of drug-likeness (QED) is 0.498. The molecule has 0 aliphatic rings. The zero-order valence-electron chi connectivity index (χ0n) is 19.0. The predicted molar refractivity (Wildman–Crippen MR) is 129 cm³/mol. The lowest BCUT2D eigenvalue weighted by atomic mass is 9.99. The third-order valence-corrected chi connectivity index (χ3v) is 5.42. The summed E-state index contributed by atoms with van der Waals surface area (Å²) in [5, 5.41) is 6.00. The number of carbonyl (C=O) groups is 2. The van der Waals surface area contributed by atoms with Crippen LogP contribution in [-0.4, -0.2) is 17.9 Å². The summed E-state index contributed by atoms with van der Waals surface area (Å²) < 4.78 is 0. The number of benzene rings is 3. The first-order chi connectivity index (χ1) is 15.4. The Balaban J connectivity index is 1.71. The van der Waals surface area contributed by atoms with Gasteiger partial charge in [-0.15, -0.1) is 0 Å². The molecule has 3 aromatic carbocycles. The number of hydrogen-bond acceptors (Lipinski definition) is 2. The molecule has 0 bridgehead atoms. The van der Waals surface area contributed by atoms with E-state index in [9.17, 15) is 9.59 Å². The second-order valence-corrected chi connectivity index (χ2v) is 8.65. The Morgan fingerprint density at radius 2 is 1.25 bits per heavy atom. The van der Waals surface area contributed by atoms with E-state index in [1.165, 1.54) is 5.56 Å². The van der Waals surface area contributed by atoms with E-state index in [-0.39, 0.29) is 17.9 Å². The van der Waals surface area contributed by atoms with Crippen LogP contribution >= 0.6 is 0 Å². The highest BCUT2D eigenvalue weighted by Gasteiger charge is 2.23. The number of nitrogens with one attached hydrogen (secondary N) is 2. The molecule has 0 aliphatic carbocycles. The molecule has 0 heterocycles. The molecule has 0 saturated heterocycles. The van der Waals surface area contributed by atoms with E-state index in [0.29, 0.717) is 17.9 Å². The summed E-state index contributed by atoms with van der Waals surface area (Å²) in [7, 11) is 0. The van der Waals surface area contributed by atoms with Crippen molar-refractivity contribution in [2.24, 2.45) is 5.92 Å². The summed E-state index contributed by atoms with van der Waals surface area (Å²) in [6, 6.07) is 26.2. The molecule has 4 heteroatoms. The zero-order valence-corrected chi connectivity index (χ0v) is 19.0. The molecule has 4 nitrogen and oxygen atoms in total. The molecule has 32 heavy (non-hydrogen) atoms. The van der Waals surface area contributed by atoms with Gasteiger partial charge in [-0.25, -0.2) is 0 Å². The van der Waals surface area contributed by atoms with Gasteiger partial charge in [0, 0.05) is 12.0 Å². The highest BCUT2D eigenvalue weighted by molar-refractivity contribution is 5.97. The van der Waals surface area contributed by atoms with Gasteiger partial charge in [-0.2, -0.15) is 0 Å². The number of hydrogen-bond donors (Lipinski definition) is 2. The monoisotopic (exact) mass is 428 g/mol. The molecule has 0 aliphatic heterocycles. The molecule has 2 amide bonds. The van der Waals surface area contributed by atoms with Gasteiger partial charge >= 0.3 is 0 Å². The number of amides is 2. The fourth-order valence-electron chi connectivity index (χ4n) is 3.70. The molecule has 0 aromatic heterocycles. The smallest absolute Gasteiger partial charge is 0.251 e. The van der Waals surface area contributed by atoms with Crippen LogP contribution in [0, 0.1) is 5.92 Å². The van der Waals surface area contributed by atoms with Crippen LogP contribution in [0.25, 0.3) is 0 Å². The van der Waals surface area contributed by atoms with Crippen molar-refractivity contribution in [3.63, 3.8) is 0 Å². The fraction of sp³-hybridized carbons (Fsp3) is 0.286. The van der Waals surface area contributed by atoms with E-state index in [1.807, 2.05) is 55.5 Å². The van der Waals surface area contributed by atoms with E-state index in [4.69, 9.17) is 0 Å². The Bertz CT molecular complexity index is 999. The largest absolute Gasteiger partial charge is 0.348 e. The lowest BCUT2D eigenvalue weighted by molar-refractivity contribution is -0.123. The maximum Gasteiger partial charge on any atom is 0.251 e. The van der Waals surface area contributed by atoms with Crippen LogP contribution < -0.4 is 10.6 Å². The molecule has 0 spiro atoms. The van der Waals surface area contributed by atoms with Crippen LogP contribution in [0.5, 0.6) is 0 Å². The zero-order chi connectivity index (χ0) is 22.9. The molecular formula is C28H32N2O2. The van der Waals surface area contributed by atoms with Crippen molar-refractivity contribution < 1.29 is 9.59 Å². The van der Waals surface area contributed by atoms with Crippen molar-refractivity contribution in [3.05, 3.63) is 107 Å². The first-order valence-corrected chi connectivity index (χ1v) is 11.2. The number of rotatable bonds is 9. The molecule has 0 fully saturated rings. The van der Waals surface area contributed by atoms with Gasteiger partial charge in [0.05, 0.1) is 6.04 Å². The van der Waals surface area contributed by atoms with Crippen molar-refractivity contribution in [2.45, 2.75) is 45.7 Å². The van der Waals surface area contributed by atoms with Crippen LogP contribution in [0.1, 0.15) is 53.9 Å².